The number of halogens is 3. The molecule has 1 amide bonds. The second kappa shape index (κ2) is 19.5. The summed E-state index contributed by atoms with van der Waals surface area (Å²) in [7, 11) is 3.38. The fraction of sp³-hybridized carbons (Fsp3) is 0.419. The molecule has 222 valence electrons. The van der Waals surface area contributed by atoms with Gasteiger partial charge in [-0.2, -0.15) is 13.2 Å². The summed E-state index contributed by atoms with van der Waals surface area (Å²) < 4.78 is 43.9. The fourth-order valence-corrected chi connectivity index (χ4v) is 3.60. The van der Waals surface area contributed by atoms with E-state index in [1.165, 1.54) is 24.5 Å². The molecule has 9 heteroatoms. The molecule has 0 bridgehead atoms. The molecule has 2 N–H and O–H groups in total. The van der Waals surface area contributed by atoms with Crippen molar-refractivity contribution >= 4 is 18.0 Å². The Labute approximate surface area is 236 Å². The van der Waals surface area contributed by atoms with Gasteiger partial charge in [-0.1, -0.05) is 62.4 Å². The Morgan fingerprint density at radius 2 is 1.77 bits per heavy atom. The molecule has 40 heavy (non-hydrogen) atoms. The second-order valence-corrected chi connectivity index (χ2v) is 8.46. The molecule has 0 radical (unpaired) electrons. The second-order valence-electron chi connectivity index (χ2n) is 8.46. The number of carbonyl (C=O) groups is 2. The van der Waals surface area contributed by atoms with Crippen LogP contribution in [0.25, 0.3) is 5.57 Å². The van der Waals surface area contributed by atoms with Crippen molar-refractivity contribution in [2.24, 2.45) is 0 Å². The lowest BCUT2D eigenvalue weighted by Crippen LogP contribution is -2.24. The van der Waals surface area contributed by atoms with E-state index < -0.39 is 24.5 Å². The number of aliphatic carboxylic acids is 1. The van der Waals surface area contributed by atoms with Crippen LogP contribution in [0, 0.1) is 0 Å². The van der Waals surface area contributed by atoms with E-state index in [0.717, 1.165) is 12.6 Å². The van der Waals surface area contributed by atoms with Gasteiger partial charge in [-0.25, -0.2) is 0 Å². The van der Waals surface area contributed by atoms with E-state index in [9.17, 15) is 27.9 Å². The third-order valence-electron chi connectivity index (χ3n) is 5.75. The Kier molecular flexibility index (Phi) is 17.7. The van der Waals surface area contributed by atoms with E-state index in [4.69, 9.17) is 4.74 Å². The minimum absolute atomic E-state index is 0.0163. The van der Waals surface area contributed by atoms with E-state index in [0.29, 0.717) is 41.0 Å². The zero-order valence-corrected chi connectivity index (χ0v) is 24.5. The Balaban J connectivity index is 0.00000115. The number of allylic oxidation sites excluding steroid dienone is 2. The summed E-state index contributed by atoms with van der Waals surface area (Å²) in [6.45, 7) is 10.2. The molecule has 2 rings (SSSR count). The SMILES string of the molecule is C/C=C(\C(=C/CC(F)(F)F)CN(C=O)CC)c1cc(C(C)C(=O)O)ccc1OC.CC.CNCc1ccccc1. The average molecular weight is 565 g/mol. The lowest BCUT2D eigenvalue weighted by molar-refractivity contribution is -0.138. The smallest absolute Gasteiger partial charge is 0.392 e. The molecule has 0 spiro atoms. The molecule has 0 aliphatic carbocycles. The number of nitrogens with zero attached hydrogens (tertiary/aromatic N) is 1. The Bertz CT molecular complexity index is 1080. The maximum absolute atomic E-state index is 12.9. The van der Waals surface area contributed by atoms with Crippen molar-refractivity contribution in [1.29, 1.82) is 0 Å². The van der Waals surface area contributed by atoms with Gasteiger partial charge in [0.2, 0.25) is 6.41 Å². The molecule has 6 nitrogen and oxygen atoms in total. The summed E-state index contributed by atoms with van der Waals surface area (Å²) in [5, 5.41) is 12.4. The summed E-state index contributed by atoms with van der Waals surface area (Å²) in [5.41, 5.74) is 3.05. The zero-order chi connectivity index (χ0) is 30.7. The lowest BCUT2D eigenvalue weighted by Gasteiger charge is -2.22. The van der Waals surface area contributed by atoms with Crippen LogP contribution in [0.2, 0.25) is 0 Å². The van der Waals surface area contributed by atoms with Crippen molar-refractivity contribution < 1.29 is 32.6 Å². The van der Waals surface area contributed by atoms with Crippen LogP contribution in [0.1, 0.15) is 63.6 Å². The Hall–Kier alpha value is -3.59. The van der Waals surface area contributed by atoms with Crippen LogP contribution in [0.15, 0.2) is 66.3 Å². The molecule has 1 atom stereocenters. The van der Waals surface area contributed by atoms with Gasteiger partial charge in [0.15, 0.2) is 0 Å². The molecule has 0 saturated carbocycles. The van der Waals surface area contributed by atoms with Crippen LogP contribution in [-0.2, 0) is 16.1 Å². The van der Waals surface area contributed by atoms with Crippen LogP contribution >= 0.6 is 0 Å². The lowest BCUT2D eigenvalue weighted by atomic mass is 9.91. The molecule has 0 saturated heterocycles. The van der Waals surface area contributed by atoms with Gasteiger partial charge in [0.05, 0.1) is 19.4 Å². The molecule has 0 aromatic heterocycles. The van der Waals surface area contributed by atoms with Gasteiger partial charge in [-0.05, 0) is 62.2 Å². The van der Waals surface area contributed by atoms with E-state index in [2.05, 4.69) is 17.4 Å². The van der Waals surface area contributed by atoms with Gasteiger partial charge in [0.25, 0.3) is 0 Å². The number of alkyl halides is 3. The number of methoxy groups -OCH3 is 1. The molecule has 0 aliphatic rings. The number of nitrogens with one attached hydrogen (secondary N) is 1. The number of hydrogen-bond donors (Lipinski definition) is 2. The molecule has 1 unspecified atom stereocenters. The zero-order valence-electron chi connectivity index (χ0n) is 24.5. The topological polar surface area (TPSA) is 78.9 Å². The maximum Gasteiger partial charge on any atom is 0.392 e. The van der Waals surface area contributed by atoms with Gasteiger partial charge in [-0.15, -0.1) is 0 Å². The Morgan fingerprint density at radius 3 is 2.23 bits per heavy atom. The summed E-state index contributed by atoms with van der Waals surface area (Å²) in [6, 6.07) is 15.1. The van der Waals surface area contributed by atoms with Crippen molar-refractivity contribution in [3.63, 3.8) is 0 Å². The Morgan fingerprint density at radius 1 is 1.15 bits per heavy atom. The summed E-state index contributed by atoms with van der Waals surface area (Å²) >= 11 is 0. The fourth-order valence-electron chi connectivity index (χ4n) is 3.60. The monoisotopic (exact) mass is 564 g/mol. The molecular formula is C31H43F3N2O4. The van der Waals surface area contributed by atoms with Crippen LogP contribution in [0.3, 0.4) is 0 Å². The normalized spacial score (nSPS) is 12.2. The number of ether oxygens (including phenoxy) is 1. The number of carboxylic acid groups (broad SMARTS) is 1. The minimum Gasteiger partial charge on any atom is -0.496 e. The number of carboxylic acids is 1. The summed E-state index contributed by atoms with van der Waals surface area (Å²) in [6.07, 6.45) is -2.29. The molecule has 2 aromatic rings. The van der Waals surface area contributed by atoms with Crippen LogP contribution in [-0.4, -0.2) is 55.8 Å². The van der Waals surface area contributed by atoms with Crippen molar-refractivity contribution in [1.82, 2.24) is 10.2 Å². The van der Waals surface area contributed by atoms with E-state index in [-0.39, 0.29) is 6.54 Å². The highest BCUT2D eigenvalue weighted by molar-refractivity contribution is 5.84. The summed E-state index contributed by atoms with van der Waals surface area (Å²) in [5.74, 6) is -1.43. The number of rotatable bonds is 12. The highest BCUT2D eigenvalue weighted by Gasteiger charge is 2.27. The summed E-state index contributed by atoms with van der Waals surface area (Å²) in [4.78, 5) is 23.9. The van der Waals surface area contributed by atoms with Crippen molar-refractivity contribution in [3.8, 4) is 5.75 Å². The first-order chi connectivity index (χ1) is 19.0. The number of likely N-dealkylation sites (N-methyl/N-ethyl adjacent to an activating group) is 1. The molecule has 0 fully saturated rings. The minimum atomic E-state index is -4.40. The third kappa shape index (κ3) is 13.0. The average Bonchev–Trinajstić information content (AvgIpc) is 2.95. The van der Waals surface area contributed by atoms with E-state index in [1.807, 2.05) is 39.1 Å². The van der Waals surface area contributed by atoms with E-state index in [1.54, 1.807) is 38.1 Å². The van der Waals surface area contributed by atoms with Crippen LogP contribution < -0.4 is 10.1 Å². The highest BCUT2D eigenvalue weighted by atomic mass is 19.4. The quantitative estimate of drug-likeness (QED) is 0.213. The number of benzene rings is 2. The largest absolute Gasteiger partial charge is 0.496 e. The van der Waals surface area contributed by atoms with Crippen molar-refractivity contribution in [3.05, 3.63) is 82.9 Å². The van der Waals surface area contributed by atoms with Gasteiger partial charge in [0, 0.05) is 25.2 Å². The third-order valence-corrected chi connectivity index (χ3v) is 5.75. The number of hydrogen-bond acceptors (Lipinski definition) is 4. The van der Waals surface area contributed by atoms with Gasteiger partial charge in [0.1, 0.15) is 5.75 Å². The standard InChI is InChI=1S/C21H26F3NO4.C8H11N.C2H6/c1-5-17(16(9-10-21(22,23)24)12-25(6-2)13-26)18-11-15(14(3)20(27)28)7-8-19(18)29-4;1-9-7-8-5-3-2-4-6-8;1-2/h5,7-9,11,13-14H,6,10,12H2,1-4H3,(H,27,28);2-6,9H,7H2,1H3;1-2H3/b16-9-,17-5+;;. The maximum atomic E-state index is 12.9. The first-order valence-electron chi connectivity index (χ1n) is 13.2. The number of carbonyl (C=O) groups excluding carboxylic acids is 1. The first kappa shape index (κ1) is 36.4. The predicted octanol–water partition coefficient (Wildman–Crippen LogP) is 7.08. The van der Waals surface area contributed by atoms with Crippen LogP contribution in [0.4, 0.5) is 13.2 Å². The van der Waals surface area contributed by atoms with Crippen molar-refractivity contribution in [2.45, 2.75) is 59.7 Å². The van der Waals surface area contributed by atoms with Crippen LogP contribution in [0.5, 0.6) is 5.75 Å². The molecule has 0 aliphatic heterocycles. The molecular weight excluding hydrogens is 521 g/mol. The van der Waals surface area contributed by atoms with Crippen molar-refractivity contribution in [2.75, 3.05) is 27.2 Å². The highest BCUT2D eigenvalue weighted by Crippen LogP contribution is 2.35. The van der Waals surface area contributed by atoms with Gasteiger partial charge in [-0.3, -0.25) is 9.59 Å². The van der Waals surface area contributed by atoms with E-state index >= 15 is 0 Å². The number of amides is 1. The molecule has 2 aromatic carbocycles. The molecule has 0 heterocycles. The predicted molar refractivity (Wildman–Crippen MR) is 155 cm³/mol. The van der Waals surface area contributed by atoms with Gasteiger partial charge >= 0.3 is 12.1 Å². The first-order valence-corrected chi connectivity index (χ1v) is 13.2. The van der Waals surface area contributed by atoms with Gasteiger partial charge < -0.3 is 20.1 Å².